The normalized spacial score (nSPS) is 15.4. The first kappa shape index (κ1) is 16.0. The van der Waals surface area contributed by atoms with E-state index in [0.717, 1.165) is 49.0 Å². The molecule has 3 aromatic rings. The van der Waals surface area contributed by atoms with Crippen LogP contribution in [0.4, 0.5) is 0 Å². The molecule has 0 aliphatic carbocycles. The number of aromatic amines is 1. The van der Waals surface area contributed by atoms with Crippen molar-refractivity contribution in [3.05, 3.63) is 59.5 Å². The third-order valence-corrected chi connectivity index (χ3v) is 5.21. The van der Waals surface area contributed by atoms with Crippen LogP contribution in [0.2, 0.25) is 0 Å². The van der Waals surface area contributed by atoms with Gasteiger partial charge in [0.25, 0.3) is 5.91 Å². The highest BCUT2D eigenvalue weighted by molar-refractivity contribution is 7.13. The Balaban J connectivity index is 1.32. The first-order chi connectivity index (χ1) is 12.3. The maximum absolute atomic E-state index is 12.3. The number of hydrogen-bond donors (Lipinski definition) is 1. The van der Waals surface area contributed by atoms with Gasteiger partial charge in [-0.1, -0.05) is 6.07 Å². The van der Waals surface area contributed by atoms with E-state index in [0.29, 0.717) is 5.69 Å². The minimum atomic E-state index is 0.0771. The quantitative estimate of drug-likeness (QED) is 0.783. The van der Waals surface area contributed by atoms with Crippen LogP contribution in [-0.4, -0.2) is 56.8 Å². The van der Waals surface area contributed by atoms with Crippen LogP contribution in [0.3, 0.4) is 0 Å². The second-order valence-electron chi connectivity index (χ2n) is 6.04. The van der Waals surface area contributed by atoms with Gasteiger partial charge < -0.3 is 9.88 Å². The van der Waals surface area contributed by atoms with Gasteiger partial charge in [-0.2, -0.15) is 0 Å². The second kappa shape index (κ2) is 7.16. The minimum Gasteiger partial charge on any atom is -0.357 e. The zero-order valence-electron chi connectivity index (χ0n) is 13.8. The molecule has 1 fully saturated rings. The van der Waals surface area contributed by atoms with Gasteiger partial charge in [0.15, 0.2) is 5.82 Å². The van der Waals surface area contributed by atoms with Gasteiger partial charge >= 0.3 is 0 Å². The van der Waals surface area contributed by atoms with Crippen LogP contribution in [0.1, 0.15) is 16.1 Å². The standard InChI is InChI=1S/C18H19N5OS/c24-18(15-3-1-5-19-15)23-8-6-22(7-9-23)13-14-11-20-17(21-12-14)16-4-2-10-25-16/h1-5,10-12,19H,6-9,13H2. The Morgan fingerprint density at radius 2 is 1.92 bits per heavy atom. The maximum Gasteiger partial charge on any atom is 0.270 e. The lowest BCUT2D eigenvalue weighted by atomic mass is 10.2. The Morgan fingerprint density at radius 3 is 2.56 bits per heavy atom. The highest BCUT2D eigenvalue weighted by Gasteiger charge is 2.22. The molecule has 0 atom stereocenters. The van der Waals surface area contributed by atoms with Gasteiger partial charge in [-0.15, -0.1) is 11.3 Å². The molecule has 1 aliphatic rings. The summed E-state index contributed by atoms with van der Waals surface area (Å²) in [5, 5.41) is 2.03. The second-order valence-corrected chi connectivity index (χ2v) is 6.99. The molecule has 0 radical (unpaired) electrons. The number of carbonyl (C=O) groups excluding carboxylic acids is 1. The molecule has 25 heavy (non-hydrogen) atoms. The number of nitrogens with one attached hydrogen (secondary N) is 1. The number of H-pyrrole nitrogens is 1. The number of aromatic nitrogens is 3. The molecule has 0 aromatic carbocycles. The molecule has 0 saturated carbocycles. The van der Waals surface area contributed by atoms with Gasteiger partial charge in [0, 0.05) is 56.9 Å². The molecule has 4 heterocycles. The fraction of sp³-hybridized carbons (Fsp3) is 0.278. The molecule has 0 spiro atoms. The van der Waals surface area contributed by atoms with Gasteiger partial charge in [0.1, 0.15) is 5.69 Å². The first-order valence-corrected chi connectivity index (χ1v) is 9.17. The fourth-order valence-electron chi connectivity index (χ4n) is 2.97. The SMILES string of the molecule is O=C(c1ccc[nH]1)N1CCN(Cc2cnc(-c3cccs3)nc2)CC1. The van der Waals surface area contributed by atoms with E-state index in [2.05, 4.69) is 19.9 Å². The smallest absolute Gasteiger partial charge is 0.270 e. The van der Waals surface area contributed by atoms with E-state index in [1.54, 1.807) is 17.5 Å². The molecular weight excluding hydrogens is 334 g/mol. The number of hydrogen-bond acceptors (Lipinski definition) is 5. The Hall–Kier alpha value is -2.51. The molecule has 7 heteroatoms. The van der Waals surface area contributed by atoms with Gasteiger partial charge in [-0.25, -0.2) is 9.97 Å². The van der Waals surface area contributed by atoms with Gasteiger partial charge in [0.05, 0.1) is 4.88 Å². The summed E-state index contributed by atoms with van der Waals surface area (Å²) in [6, 6.07) is 7.70. The van der Waals surface area contributed by atoms with Crippen molar-refractivity contribution >= 4 is 17.2 Å². The van der Waals surface area contributed by atoms with Crippen molar-refractivity contribution in [2.24, 2.45) is 0 Å². The van der Waals surface area contributed by atoms with Crippen molar-refractivity contribution in [2.45, 2.75) is 6.54 Å². The molecule has 6 nitrogen and oxygen atoms in total. The molecular formula is C18H19N5OS. The maximum atomic E-state index is 12.3. The van der Waals surface area contributed by atoms with Crippen molar-refractivity contribution in [2.75, 3.05) is 26.2 Å². The number of thiophene rings is 1. The predicted octanol–water partition coefficient (Wildman–Crippen LogP) is 2.49. The Labute approximate surface area is 150 Å². The lowest BCUT2D eigenvalue weighted by Crippen LogP contribution is -2.48. The van der Waals surface area contributed by atoms with Crippen LogP contribution in [0.5, 0.6) is 0 Å². The highest BCUT2D eigenvalue weighted by Crippen LogP contribution is 2.20. The van der Waals surface area contributed by atoms with E-state index < -0.39 is 0 Å². The summed E-state index contributed by atoms with van der Waals surface area (Å²) in [5.41, 5.74) is 1.76. The van der Waals surface area contributed by atoms with Gasteiger partial charge in [-0.3, -0.25) is 9.69 Å². The molecule has 1 amide bonds. The summed E-state index contributed by atoms with van der Waals surface area (Å²) in [7, 11) is 0. The number of rotatable bonds is 4. The summed E-state index contributed by atoms with van der Waals surface area (Å²) in [6.07, 6.45) is 5.58. The van der Waals surface area contributed by atoms with E-state index in [-0.39, 0.29) is 5.91 Å². The van der Waals surface area contributed by atoms with Crippen LogP contribution in [0.15, 0.2) is 48.2 Å². The van der Waals surface area contributed by atoms with Crippen molar-refractivity contribution in [3.8, 4) is 10.7 Å². The number of carbonyl (C=O) groups is 1. The van der Waals surface area contributed by atoms with Gasteiger partial charge in [-0.05, 0) is 23.6 Å². The number of amides is 1. The van der Waals surface area contributed by atoms with Crippen molar-refractivity contribution in [1.82, 2.24) is 24.8 Å². The van der Waals surface area contributed by atoms with Crippen molar-refractivity contribution in [3.63, 3.8) is 0 Å². The van der Waals surface area contributed by atoms with Crippen LogP contribution >= 0.6 is 11.3 Å². The van der Waals surface area contributed by atoms with Crippen LogP contribution in [0, 0.1) is 0 Å². The van der Waals surface area contributed by atoms with Crippen LogP contribution < -0.4 is 0 Å². The van der Waals surface area contributed by atoms with E-state index >= 15 is 0 Å². The summed E-state index contributed by atoms with van der Waals surface area (Å²) in [4.78, 5) is 29.6. The third-order valence-electron chi connectivity index (χ3n) is 4.34. The zero-order chi connectivity index (χ0) is 17.1. The summed E-state index contributed by atoms with van der Waals surface area (Å²) in [6.45, 7) is 4.02. The molecule has 128 valence electrons. The molecule has 0 unspecified atom stereocenters. The largest absolute Gasteiger partial charge is 0.357 e. The molecule has 1 aliphatic heterocycles. The van der Waals surface area contributed by atoms with Crippen molar-refractivity contribution in [1.29, 1.82) is 0 Å². The minimum absolute atomic E-state index is 0.0771. The highest BCUT2D eigenvalue weighted by atomic mass is 32.1. The molecule has 0 bridgehead atoms. The summed E-state index contributed by atoms with van der Waals surface area (Å²) < 4.78 is 0. The topological polar surface area (TPSA) is 65.1 Å². The number of piperazine rings is 1. The average molecular weight is 353 g/mol. The van der Waals surface area contributed by atoms with E-state index in [4.69, 9.17) is 0 Å². The van der Waals surface area contributed by atoms with Crippen molar-refractivity contribution < 1.29 is 4.79 Å². The molecule has 1 N–H and O–H groups in total. The molecule has 3 aromatic heterocycles. The first-order valence-electron chi connectivity index (χ1n) is 8.29. The lowest BCUT2D eigenvalue weighted by molar-refractivity contribution is 0.0623. The van der Waals surface area contributed by atoms with Crippen LogP contribution in [-0.2, 0) is 6.54 Å². The van der Waals surface area contributed by atoms with E-state index in [9.17, 15) is 4.79 Å². The Kier molecular flexibility index (Phi) is 4.58. The average Bonchev–Trinajstić information content (AvgIpc) is 3.36. The zero-order valence-corrected chi connectivity index (χ0v) is 14.6. The third kappa shape index (κ3) is 3.62. The lowest BCUT2D eigenvalue weighted by Gasteiger charge is -2.34. The fourth-order valence-corrected chi connectivity index (χ4v) is 3.64. The molecule has 1 saturated heterocycles. The van der Waals surface area contributed by atoms with E-state index in [1.165, 1.54) is 0 Å². The Morgan fingerprint density at radius 1 is 1.12 bits per heavy atom. The predicted molar refractivity (Wildman–Crippen MR) is 97.3 cm³/mol. The van der Waals surface area contributed by atoms with E-state index in [1.807, 2.05) is 46.9 Å². The number of nitrogens with zero attached hydrogens (tertiary/aromatic N) is 4. The van der Waals surface area contributed by atoms with Gasteiger partial charge in [0.2, 0.25) is 0 Å². The summed E-state index contributed by atoms with van der Waals surface area (Å²) >= 11 is 1.64. The van der Waals surface area contributed by atoms with Crippen LogP contribution in [0.25, 0.3) is 10.7 Å². The Bertz CT molecular complexity index is 806. The summed E-state index contributed by atoms with van der Waals surface area (Å²) in [5.74, 6) is 0.855. The molecule has 4 rings (SSSR count). The monoisotopic (exact) mass is 353 g/mol.